The largest absolute Gasteiger partial charge is 0.355 e. The molecule has 0 spiro atoms. The maximum Gasteiger partial charge on any atom is 0.224 e. The van der Waals surface area contributed by atoms with Crippen LogP contribution in [0.3, 0.4) is 0 Å². The molecule has 1 heterocycles. The van der Waals surface area contributed by atoms with Crippen molar-refractivity contribution in [1.29, 1.82) is 0 Å². The third-order valence-electron chi connectivity index (χ3n) is 6.38. The molecule has 24 heavy (non-hydrogen) atoms. The molecule has 0 aromatic heterocycles. The van der Waals surface area contributed by atoms with E-state index in [9.17, 15) is 9.59 Å². The van der Waals surface area contributed by atoms with Crippen molar-refractivity contribution in [1.82, 2.24) is 10.2 Å². The van der Waals surface area contributed by atoms with Crippen molar-refractivity contribution in [3.05, 3.63) is 0 Å². The molecule has 3 rings (SSSR count). The number of likely N-dealkylation sites (tertiary alicyclic amines) is 1. The number of nitrogens with one attached hydrogen (secondary N) is 1. The molecule has 3 fully saturated rings. The van der Waals surface area contributed by atoms with Crippen molar-refractivity contribution in [2.24, 2.45) is 23.5 Å². The van der Waals surface area contributed by atoms with Crippen LogP contribution < -0.4 is 11.1 Å². The fourth-order valence-corrected chi connectivity index (χ4v) is 4.92. The van der Waals surface area contributed by atoms with Crippen molar-refractivity contribution < 1.29 is 9.59 Å². The summed E-state index contributed by atoms with van der Waals surface area (Å²) in [7, 11) is 0. The minimum Gasteiger partial charge on any atom is -0.355 e. The van der Waals surface area contributed by atoms with Gasteiger partial charge in [0.2, 0.25) is 11.8 Å². The molecule has 2 saturated carbocycles. The number of hydrogen-bond donors (Lipinski definition) is 2. The van der Waals surface area contributed by atoms with Crippen LogP contribution in [0.1, 0.15) is 64.2 Å². The summed E-state index contributed by atoms with van der Waals surface area (Å²) in [4.78, 5) is 26.7. The molecule has 1 aliphatic heterocycles. The van der Waals surface area contributed by atoms with Crippen molar-refractivity contribution in [3.8, 4) is 0 Å². The Morgan fingerprint density at radius 3 is 2.21 bits per heavy atom. The van der Waals surface area contributed by atoms with Crippen LogP contribution in [0.25, 0.3) is 0 Å². The zero-order valence-electron chi connectivity index (χ0n) is 14.8. The Hall–Kier alpha value is -1.10. The number of carbonyl (C=O) groups is 2. The highest BCUT2D eigenvalue weighted by atomic mass is 16.2. The van der Waals surface area contributed by atoms with E-state index in [1.807, 2.05) is 4.90 Å². The summed E-state index contributed by atoms with van der Waals surface area (Å²) in [6.45, 7) is 2.25. The van der Waals surface area contributed by atoms with E-state index in [0.717, 1.165) is 38.8 Å². The molecule has 2 bridgehead atoms. The van der Waals surface area contributed by atoms with Crippen molar-refractivity contribution in [3.63, 3.8) is 0 Å². The highest BCUT2D eigenvalue weighted by Gasteiger charge is 2.40. The predicted octanol–water partition coefficient (Wildman–Crippen LogP) is 2.05. The summed E-state index contributed by atoms with van der Waals surface area (Å²) in [5.74, 6) is 1.48. The lowest BCUT2D eigenvalue weighted by molar-refractivity contribution is -0.131. The smallest absolute Gasteiger partial charge is 0.224 e. The molecular formula is C19H33N3O2. The van der Waals surface area contributed by atoms with E-state index in [1.54, 1.807) is 0 Å². The summed E-state index contributed by atoms with van der Waals surface area (Å²) in [5.41, 5.74) is 6.30. The Morgan fingerprint density at radius 2 is 1.58 bits per heavy atom. The first-order chi connectivity index (χ1) is 11.6. The molecule has 3 N–H and O–H groups in total. The molecule has 2 unspecified atom stereocenters. The molecule has 0 aromatic rings. The van der Waals surface area contributed by atoms with Gasteiger partial charge in [-0.3, -0.25) is 9.59 Å². The van der Waals surface area contributed by atoms with Crippen molar-refractivity contribution in [2.45, 2.75) is 70.3 Å². The second-order valence-corrected chi connectivity index (χ2v) is 8.03. The van der Waals surface area contributed by atoms with Gasteiger partial charge in [0.1, 0.15) is 0 Å². The summed E-state index contributed by atoms with van der Waals surface area (Å²) >= 11 is 0. The van der Waals surface area contributed by atoms with Crippen LogP contribution >= 0.6 is 0 Å². The Labute approximate surface area is 145 Å². The molecule has 136 valence electrons. The van der Waals surface area contributed by atoms with E-state index in [4.69, 9.17) is 5.73 Å². The molecule has 2 aliphatic carbocycles. The van der Waals surface area contributed by atoms with E-state index in [-0.39, 0.29) is 17.7 Å². The quantitative estimate of drug-likeness (QED) is 0.825. The van der Waals surface area contributed by atoms with Crippen LogP contribution in [0.5, 0.6) is 0 Å². The van der Waals surface area contributed by atoms with Crippen LogP contribution in [-0.4, -0.2) is 42.4 Å². The monoisotopic (exact) mass is 335 g/mol. The summed E-state index contributed by atoms with van der Waals surface area (Å²) in [6.07, 6.45) is 10.6. The zero-order chi connectivity index (χ0) is 16.9. The number of carbonyl (C=O) groups excluding carboxylic acids is 2. The molecule has 0 aromatic carbocycles. The average molecular weight is 335 g/mol. The van der Waals surface area contributed by atoms with Gasteiger partial charge in [-0.15, -0.1) is 0 Å². The predicted molar refractivity (Wildman–Crippen MR) is 94.2 cm³/mol. The van der Waals surface area contributed by atoms with E-state index >= 15 is 0 Å². The summed E-state index contributed by atoms with van der Waals surface area (Å²) in [5, 5.41) is 3.01. The minimum absolute atomic E-state index is 0.105. The lowest BCUT2D eigenvalue weighted by Crippen LogP contribution is -2.49. The fraction of sp³-hybridized carbons (Fsp3) is 0.895. The van der Waals surface area contributed by atoms with Gasteiger partial charge in [0.05, 0.1) is 0 Å². The Balaban J connectivity index is 1.40. The van der Waals surface area contributed by atoms with Gasteiger partial charge in [0.25, 0.3) is 0 Å². The minimum atomic E-state index is 0.105. The maximum absolute atomic E-state index is 12.5. The van der Waals surface area contributed by atoms with Gasteiger partial charge in [0, 0.05) is 38.0 Å². The molecule has 5 heteroatoms. The zero-order valence-corrected chi connectivity index (χ0v) is 14.8. The molecule has 3 aliphatic rings. The molecular weight excluding hydrogens is 302 g/mol. The first-order valence-electron chi connectivity index (χ1n) is 9.96. The van der Waals surface area contributed by atoms with E-state index in [0.29, 0.717) is 30.8 Å². The summed E-state index contributed by atoms with van der Waals surface area (Å²) < 4.78 is 0. The number of rotatable bonds is 4. The summed E-state index contributed by atoms with van der Waals surface area (Å²) in [6, 6.07) is 0.299. The van der Waals surface area contributed by atoms with Gasteiger partial charge in [-0.05, 0) is 50.4 Å². The van der Waals surface area contributed by atoms with Crippen LogP contribution in [0, 0.1) is 17.8 Å². The number of nitrogens with two attached hydrogens (primary N) is 1. The third kappa shape index (κ3) is 4.29. The number of nitrogens with zero attached hydrogens (tertiary/aromatic N) is 1. The second kappa shape index (κ2) is 8.32. The highest BCUT2D eigenvalue weighted by molar-refractivity contribution is 5.80. The van der Waals surface area contributed by atoms with E-state index < -0.39 is 0 Å². The van der Waals surface area contributed by atoms with Crippen LogP contribution in [0.2, 0.25) is 0 Å². The number of amides is 2. The van der Waals surface area contributed by atoms with Gasteiger partial charge >= 0.3 is 0 Å². The second-order valence-electron chi connectivity index (χ2n) is 8.03. The fourth-order valence-electron chi connectivity index (χ4n) is 4.92. The Kier molecular flexibility index (Phi) is 6.14. The van der Waals surface area contributed by atoms with Crippen LogP contribution in [-0.2, 0) is 9.59 Å². The molecule has 2 atom stereocenters. The van der Waals surface area contributed by atoms with E-state index in [1.165, 1.54) is 32.1 Å². The van der Waals surface area contributed by atoms with Crippen LogP contribution in [0.4, 0.5) is 0 Å². The van der Waals surface area contributed by atoms with Gasteiger partial charge < -0.3 is 16.0 Å². The molecule has 1 saturated heterocycles. The van der Waals surface area contributed by atoms with Gasteiger partial charge in [-0.1, -0.05) is 19.3 Å². The van der Waals surface area contributed by atoms with E-state index in [2.05, 4.69) is 5.32 Å². The maximum atomic E-state index is 12.5. The molecule has 5 nitrogen and oxygen atoms in total. The van der Waals surface area contributed by atoms with Gasteiger partial charge in [-0.25, -0.2) is 0 Å². The normalized spacial score (nSPS) is 33.6. The first-order valence-corrected chi connectivity index (χ1v) is 9.96. The van der Waals surface area contributed by atoms with Gasteiger partial charge in [-0.2, -0.15) is 0 Å². The Bertz CT molecular complexity index is 432. The average Bonchev–Trinajstić information content (AvgIpc) is 2.83. The van der Waals surface area contributed by atoms with Crippen molar-refractivity contribution in [2.75, 3.05) is 19.6 Å². The number of hydrogen-bond acceptors (Lipinski definition) is 3. The molecule has 2 amide bonds. The van der Waals surface area contributed by atoms with Crippen LogP contribution in [0.15, 0.2) is 0 Å². The van der Waals surface area contributed by atoms with Gasteiger partial charge in [0.15, 0.2) is 0 Å². The van der Waals surface area contributed by atoms with Crippen molar-refractivity contribution >= 4 is 11.8 Å². The third-order valence-corrected chi connectivity index (χ3v) is 6.38. The topological polar surface area (TPSA) is 75.4 Å². The highest BCUT2D eigenvalue weighted by Crippen LogP contribution is 2.41. The first kappa shape index (κ1) is 17.7. The Morgan fingerprint density at radius 1 is 0.958 bits per heavy atom. The molecule has 0 radical (unpaired) electrons. The lowest BCUT2D eigenvalue weighted by atomic mass is 9.65. The lowest BCUT2D eigenvalue weighted by Gasteiger charge is -2.43. The standard InChI is InChI=1S/C19H33N3O2/c20-18-14-6-5-7-15(18)13-16(12-14)19(24)21-9-8-17(23)22-10-3-1-2-4-11-22/h14-16,18H,1-13,20H2,(H,21,24). The SMILES string of the molecule is NC1C2CCCC1CC(C(=O)NCCC(=O)N1CCCCCC1)C2. The number of fused-ring (bicyclic) bond motifs is 2.